The first-order chi connectivity index (χ1) is 11.6. The van der Waals surface area contributed by atoms with Gasteiger partial charge in [-0.1, -0.05) is 30.5 Å². The quantitative estimate of drug-likeness (QED) is 0.895. The van der Waals surface area contributed by atoms with Crippen molar-refractivity contribution in [3.05, 3.63) is 41.8 Å². The molecule has 1 saturated carbocycles. The molecule has 3 rings (SSSR count). The van der Waals surface area contributed by atoms with E-state index < -0.39 is 0 Å². The molecule has 2 amide bonds. The fourth-order valence-corrected chi connectivity index (χ4v) is 2.95. The van der Waals surface area contributed by atoms with Gasteiger partial charge in [-0.15, -0.1) is 0 Å². The molecule has 1 aliphatic carbocycles. The molecule has 0 bridgehead atoms. The van der Waals surface area contributed by atoms with E-state index in [1.807, 2.05) is 6.07 Å². The average Bonchev–Trinajstić information content (AvgIpc) is 3.02. The first-order valence-electron chi connectivity index (χ1n) is 8.27. The third-order valence-electron chi connectivity index (χ3n) is 4.22. The van der Waals surface area contributed by atoms with E-state index in [1.54, 1.807) is 31.2 Å². The van der Waals surface area contributed by atoms with E-state index in [0.29, 0.717) is 17.1 Å². The summed E-state index contributed by atoms with van der Waals surface area (Å²) in [5.41, 5.74) is 1.92. The molecule has 126 valence electrons. The molecule has 1 aliphatic rings. The Morgan fingerprint density at radius 3 is 2.46 bits per heavy atom. The number of anilines is 2. The molecule has 2 aromatic rings. The lowest BCUT2D eigenvalue weighted by atomic mass is 9.88. The molecule has 0 radical (unpaired) electrons. The summed E-state index contributed by atoms with van der Waals surface area (Å²) in [5, 5.41) is 9.38. The van der Waals surface area contributed by atoms with Crippen LogP contribution in [0.3, 0.4) is 0 Å². The number of hydrogen-bond donors (Lipinski definition) is 2. The normalized spacial score (nSPS) is 15.0. The SMILES string of the molecule is Cc1cc(C(=O)Nc2cccc(NC(=O)C3CCCCC3)c2)on1. The molecule has 0 saturated heterocycles. The predicted molar refractivity (Wildman–Crippen MR) is 90.8 cm³/mol. The standard InChI is InChI=1S/C18H21N3O3/c1-12-10-16(24-21-12)18(23)20-15-9-5-8-14(11-15)19-17(22)13-6-3-2-4-7-13/h5,8-11,13H,2-4,6-7H2,1H3,(H,19,22)(H,20,23). The summed E-state index contributed by atoms with van der Waals surface area (Å²) in [6.45, 7) is 1.75. The molecule has 1 aromatic heterocycles. The number of carbonyl (C=O) groups excluding carboxylic acids is 2. The van der Waals surface area contributed by atoms with Gasteiger partial charge in [0.2, 0.25) is 11.7 Å². The van der Waals surface area contributed by atoms with Crippen LogP contribution >= 0.6 is 0 Å². The summed E-state index contributed by atoms with van der Waals surface area (Å²) in [6.07, 6.45) is 5.35. The van der Waals surface area contributed by atoms with Gasteiger partial charge in [0.05, 0.1) is 5.69 Å². The van der Waals surface area contributed by atoms with E-state index in [4.69, 9.17) is 4.52 Å². The molecule has 0 atom stereocenters. The van der Waals surface area contributed by atoms with E-state index in [0.717, 1.165) is 25.7 Å². The van der Waals surface area contributed by atoms with Gasteiger partial charge in [-0.05, 0) is 38.0 Å². The van der Waals surface area contributed by atoms with Crippen LogP contribution in [-0.2, 0) is 4.79 Å². The van der Waals surface area contributed by atoms with Gasteiger partial charge < -0.3 is 15.2 Å². The Labute approximate surface area is 140 Å². The minimum atomic E-state index is -0.369. The topological polar surface area (TPSA) is 84.2 Å². The maximum atomic E-state index is 12.3. The van der Waals surface area contributed by atoms with Gasteiger partial charge in [0, 0.05) is 23.4 Å². The zero-order chi connectivity index (χ0) is 16.9. The van der Waals surface area contributed by atoms with Gasteiger partial charge in [0.1, 0.15) is 0 Å². The van der Waals surface area contributed by atoms with Gasteiger partial charge in [-0.3, -0.25) is 9.59 Å². The van der Waals surface area contributed by atoms with Crippen molar-refractivity contribution in [2.45, 2.75) is 39.0 Å². The first kappa shape index (κ1) is 16.2. The van der Waals surface area contributed by atoms with Crippen LogP contribution in [0.2, 0.25) is 0 Å². The summed E-state index contributed by atoms with van der Waals surface area (Å²) >= 11 is 0. The van der Waals surface area contributed by atoms with Crippen LogP contribution in [0.5, 0.6) is 0 Å². The number of nitrogens with zero attached hydrogens (tertiary/aromatic N) is 1. The second-order valence-electron chi connectivity index (χ2n) is 6.19. The first-order valence-corrected chi connectivity index (χ1v) is 8.27. The van der Waals surface area contributed by atoms with Crippen molar-refractivity contribution in [3.63, 3.8) is 0 Å². The number of carbonyl (C=O) groups is 2. The second kappa shape index (κ2) is 7.29. The van der Waals surface area contributed by atoms with Crippen molar-refractivity contribution in [1.29, 1.82) is 0 Å². The lowest BCUT2D eigenvalue weighted by Crippen LogP contribution is -2.24. The van der Waals surface area contributed by atoms with Crippen LogP contribution in [0.15, 0.2) is 34.9 Å². The van der Waals surface area contributed by atoms with E-state index in [9.17, 15) is 9.59 Å². The number of amides is 2. The lowest BCUT2D eigenvalue weighted by Gasteiger charge is -2.20. The van der Waals surface area contributed by atoms with Crippen LogP contribution in [0, 0.1) is 12.8 Å². The van der Waals surface area contributed by atoms with Crippen molar-refractivity contribution in [1.82, 2.24) is 5.16 Å². The lowest BCUT2D eigenvalue weighted by molar-refractivity contribution is -0.120. The molecule has 1 fully saturated rings. The van der Waals surface area contributed by atoms with Crippen LogP contribution in [0.4, 0.5) is 11.4 Å². The third-order valence-corrected chi connectivity index (χ3v) is 4.22. The Balaban J connectivity index is 1.63. The van der Waals surface area contributed by atoms with Crippen LogP contribution in [-0.4, -0.2) is 17.0 Å². The fraction of sp³-hybridized carbons (Fsp3) is 0.389. The maximum absolute atomic E-state index is 12.3. The van der Waals surface area contributed by atoms with Gasteiger partial charge >= 0.3 is 0 Å². The molecule has 6 nitrogen and oxygen atoms in total. The van der Waals surface area contributed by atoms with Gasteiger partial charge in [0.25, 0.3) is 5.91 Å². The van der Waals surface area contributed by atoms with E-state index in [2.05, 4.69) is 15.8 Å². The van der Waals surface area contributed by atoms with E-state index in [1.165, 1.54) is 6.42 Å². The summed E-state index contributed by atoms with van der Waals surface area (Å²) in [6, 6.07) is 8.68. The van der Waals surface area contributed by atoms with Crippen molar-refractivity contribution < 1.29 is 14.1 Å². The molecular weight excluding hydrogens is 306 g/mol. The molecule has 0 unspecified atom stereocenters. The predicted octanol–water partition coefficient (Wildman–Crippen LogP) is 3.75. The molecular formula is C18H21N3O3. The highest BCUT2D eigenvalue weighted by Crippen LogP contribution is 2.25. The Hall–Kier alpha value is -2.63. The molecule has 0 aliphatic heterocycles. The fourth-order valence-electron chi connectivity index (χ4n) is 2.95. The summed E-state index contributed by atoms with van der Waals surface area (Å²) in [7, 11) is 0. The summed E-state index contributed by atoms with van der Waals surface area (Å²) in [5.74, 6) is -0.0614. The molecule has 1 heterocycles. The Kier molecular flexibility index (Phi) is 4.93. The third kappa shape index (κ3) is 4.01. The van der Waals surface area contributed by atoms with Crippen molar-refractivity contribution in [2.24, 2.45) is 5.92 Å². The number of aryl methyl sites for hydroxylation is 1. The highest BCUT2D eigenvalue weighted by atomic mass is 16.5. The smallest absolute Gasteiger partial charge is 0.294 e. The van der Waals surface area contributed by atoms with Crippen molar-refractivity contribution >= 4 is 23.2 Å². The Morgan fingerprint density at radius 1 is 1.08 bits per heavy atom. The van der Waals surface area contributed by atoms with Crippen LogP contribution in [0.1, 0.15) is 48.4 Å². The molecule has 0 spiro atoms. The van der Waals surface area contributed by atoms with Gasteiger partial charge in [0.15, 0.2) is 0 Å². The van der Waals surface area contributed by atoms with Crippen molar-refractivity contribution in [3.8, 4) is 0 Å². The Morgan fingerprint density at radius 2 is 1.79 bits per heavy atom. The molecule has 24 heavy (non-hydrogen) atoms. The van der Waals surface area contributed by atoms with E-state index >= 15 is 0 Å². The highest BCUT2D eigenvalue weighted by molar-refractivity contribution is 6.02. The molecule has 1 aromatic carbocycles. The zero-order valence-electron chi connectivity index (χ0n) is 13.7. The minimum absolute atomic E-state index is 0.0593. The van der Waals surface area contributed by atoms with Gasteiger partial charge in [-0.25, -0.2) is 0 Å². The number of nitrogens with one attached hydrogen (secondary N) is 2. The average molecular weight is 327 g/mol. The Bertz CT molecular complexity index is 733. The number of rotatable bonds is 4. The monoisotopic (exact) mass is 327 g/mol. The number of hydrogen-bond acceptors (Lipinski definition) is 4. The highest BCUT2D eigenvalue weighted by Gasteiger charge is 2.21. The summed E-state index contributed by atoms with van der Waals surface area (Å²) < 4.78 is 4.94. The largest absolute Gasteiger partial charge is 0.351 e. The summed E-state index contributed by atoms with van der Waals surface area (Å²) in [4.78, 5) is 24.4. The zero-order valence-corrected chi connectivity index (χ0v) is 13.7. The second-order valence-corrected chi connectivity index (χ2v) is 6.19. The molecule has 6 heteroatoms. The van der Waals surface area contributed by atoms with E-state index in [-0.39, 0.29) is 23.5 Å². The number of aromatic nitrogens is 1. The number of benzene rings is 1. The van der Waals surface area contributed by atoms with Crippen LogP contribution in [0.25, 0.3) is 0 Å². The minimum Gasteiger partial charge on any atom is -0.351 e. The molecule has 2 N–H and O–H groups in total. The van der Waals surface area contributed by atoms with Crippen molar-refractivity contribution in [2.75, 3.05) is 10.6 Å². The van der Waals surface area contributed by atoms with Crippen LogP contribution < -0.4 is 10.6 Å². The van der Waals surface area contributed by atoms with Gasteiger partial charge in [-0.2, -0.15) is 0 Å². The maximum Gasteiger partial charge on any atom is 0.294 e.